The highest BCUT2D eigenvalue weighted by Gasteiger charge is 2.16. The summed E-state index contributed by atoms with van der Waals surface area (Å²) in [4.78, 5) is 16.5. The van der Waals surface area contributed by atoms with E-state index in [1.807, 2.05) is 19.1 Å². The number of halogens is 1. The quantitative estimate of drug-likeness (QED) is 0.441. The molecule has 0 bridgehead atoms. The largest absolute Gasteiger partial charge is 0.494 e. The van der Waals surface area contributed by atoms with E-state index in [0.29, 0.717) is 41.4 Å². The van der Waals surface area contributed by atoms with Crippen LogP contribution in [0.5, 0.6) is 5.75 Å². The molecule has 0 aliphatic carbocycles. The molecule has 3 rings (SSSR count). The number of ether oxygens (including phenoxy) is 1. The van der Waals surface area contributed by atoms with Gasteiger partial charge in [0.2, 0.25) is 0 Å². The molecule has 0 fully saturated rings. The van der Waals surface area contributed by atoms with Crippen LogP contribution in [0.3, 0.4) is 0 Å². The van der Waals surface area contributed by atoms with Crippen LogP contribution in [0, 0.1) is 0 Å². The molecule has 0 unspecified atom stereocenters. The topological polar surface area (TPSA) is 70.2 Å². The zero-order chi connectivity index (χ0) is 17.8. The number of rotatable bonds is 7. The van der Waals surface area contributed by atoms with Crippen molar-refractivity contribution in [2.45, 2.75) is 32.7 Å². The number of aromatic nitrogens is 3. The Kier molecular flexibility index (Phi) is 5.53. The van der Waals surface area contributed by atoms with Crippen molar-refractivity contribution in [2.24, 2.45) is 0 Å². The van der Waals surface area contributed by atoms with Crippen molar-refractivity contribution in [1.82, 2.24) is 14.8 Å². The van der Waals surface area contributed by atoms with Gasteiger partial charge in [-0.2, -0.15) is 5.10 Å². The van der Waals surface area contributed by atoms with Gasteiger partial charge >= 0.3 is 0 Å². The summed E-state index contributed by atoms with van der Waals surface area (Å²) < 4.78 is 12.8. The Morgan fingerprint density at radius 2 is 2.08 bits per heavy atom. The third-order valence-electron chi connectivity index (χ3n) is 3.97. The van der Waals surface area contributed by atoms with Gasteiger partial charge < -0.3 is 9.15 Å². The van der Waals surface area contributed by atoms with Gasteiger partial charge in [-0.3, -0.25) is 4.79 Å². The summed E-state index contributed by atoms with van der Waals surface area (Å²) in [5.41, 5.74) is 2.70. The second kappa shape index (κ2) is 7.82. The second-order valence-corrected chi connectivity index (χ2v) is 6.42. The minimum absolute atomic E-state index is 0.102. The van der Waals surface area contributed by atoms with E-state index in [2.05, 4.69) is 26.0 Å². The van der Waals surface area contributed by atoms with Crippen molar-refractivity contribution < 1.29 is 9.15 Å². The zero-order valence-corrected chi connectivity index (χ0v) is 15.9. The lowest BCUT2D eigenvalue weighted by atomic mass is 10.1. The van der Waals surface area contributed by atoms with Gasteiger partial charge in [-0.05, 0) is 31.0 Å². The molecule has 6 nitrogen and oxygen atoms in total. The van der Waals surface area contributed by atoms with Crippen LogP contribution < -0.4 is 10.3 Å². The van der Waals surface area contributed by atoms with Crippen molar-refractivity contribution in [2.75, 3.05) is 12.4 Å². The Bertz CT molecular complexity index is 933. The van der Waals surface area contributed by atoms with Gasteiger partial charge in [0.25, 0.3) is 5.56 Å². The van der Waals surface area contributed by atoms with Gasteiger partial charge in [-0.15, -0.1) is 0 Å². The van der Waals surface area contributed by atoms with Crippen LogP contribution in [0.15, 0.2) is 33.5 Å². The summed E-state index contributed by atoms with van der Waals surface area (Å²) >= 11 is 3.40. The summed E-state index contributed by atoms with van der Waals surface area (Å²) in [6, 6.07) is 7.01. The second-order valence-electron chi connectivity index (χ2n) is 5.63. The molecule has 0 radical (unpaired) electrons. The first-order chi connectivity index (χ1) is 12.2. The number of fused-ring (bicyclic) bond motifs is 1. The lowest BCUT2D eigenvalue weighted by Gasteiger charge is -2.08. The molecule has 1 aromatic carbocycles. The molecule has 3 aromatic rings. The average molecular weight is 406 g/mol. The molecule has 25 heavy (non-hydrogen) atoms. The van der Waals surface area contributed by atoms with E-state index in [1.165, 1.54) is 4.68 Å². The van der Waals surface area contributed by atoms with Gasteiger partial charge in [-0.25, -0.2) is 9.67 Å². The number of benzene rings is 1. The smallest absolute Gasteiger partial charge is 0.266 e. The van der Waals surface area contributed by atoms with Gasteiger partial charge in [0.15, 0.2) is 17.0 Å². The molecular formula is C18H20BrN3O3. The van der Waals surface area contributed by atoms with E-state index in [0.717, 1.165) is 23.7 Å². The maximum absolute atomic E-state index is 12.0. The zero-order valence-electron chi connectivity index (χ0n) is 14.3. The van der Waals surface area contributed by atoms with Crippen LogP contribution in [-0.4, -0.2) is 27.2 Å². The maximum Gasteiger partial charge on any atom is 0.266 e. The molecule has 2 aromatic heterocycles. The number of unbranched alkanes of at least 4 members (excludes halogenated alkanes) is 1. The molecule has 0 saturated heterocycles. The van der Waals surface area contributed by atoms with E-state index < -0.39 is 0 Å². The summed E-state index contributed by atoms with van der Waals surface area (Å²) in [6.07, 6.45) is 2.58. The van der Waals surface area contributed by atoms with E-state index in [-0.39, 0.29) is 5.56 Å². The Hall–Kier alpha value is -2.15. The average Bonchev–Trinajstić information content (AvgIpc) is 3.07. The van der Waals surface area contributed by atoms with E-state index in [1.54, 1.807) is 19.2 Å². The van der Waals surface area contributed by atoms with E-state index >= 15 is 0 Å². The molecule has 0 saturated carbocycles. The Morgan fingerprint density at radius 1 is 1.24 bits per heavy atom. The molecule has 0 N–H and O–H groups in total. The van der Waals surface area contributed by atoms with Crippen LogP contribution in [0.2, 0.25) is 0 Å². The molecule has 0 aliphatic rings. The first-order valence-corrected chi connectivity index (χ1v) is 9.41. The summed E-state index contributed by atoms with van der Waals surface area (Å²) in [7, 11) is 1.61. The fraction of sp³-hybridized carbons (Fsp3) is 0.389. The fourth-order valence-electron chi connectivity index (χ4n) is 2.65. The van der Waals surface area contributed by atoms with Crippen molar-refractivity contribution in [3.8, 4) is 17.0 Å². The number of aryl methyl sites for hydroxylation is 2. The Labute approximate surface area is 153 Å². The third kappa shape index (κ3) is 3.61. The molecule has 0 atom stereocenters. The molecule has 0 amide bonds. The lowest BCUT2D eigenvalue weighted by molar-refractivity contribution is 0.419. The Balaban J connectivity index is 2.08. The molecule has 0 spiro atoms. The predicted octanol–water partition coefficient (Wildman–Crippen LogP) is 3.80. The van der Waals surface area contributed by atoms with Crippen LogP contribution in [0.1, 0.15) is 25.7 Å². The highest BCUT2D eigenvalue weighted by molar-refractivity contribution is 9.09. The standard InChI is InChI=1S/C18H20BrN3O3/c1-3-15-20-17-14(24-2)8-6-12(18(17)25-15)13-7-9-16(23)22(21-13)11-5-4-10-19/h6-9H,3-5,10-11H2,1-2H3. The van der Waals surface area contributed by atoms with Crippen molar-refractivity contribution in [3.05, 3.63) is 40.5 Å². The first kappa shape index (κ1) is 17.7. The highest BCUT2D eigenvalue weighted by atomic mass is 79.9. The van der Waals surface area contributed by atoms with Crippen LogP contribution >= 0.6 is 15.9 Å². The summed E-state index contributed by atoms with van der Waals surface area (Å²) in [6.45, 7) is 2.58. The van der Waals surface area contributed by atoms with Gasteiger partial charge in [0.1, 0.15) is 5.75 Å². The van der Waals surface area contributed by atoms with Crippen LogP contribution in [-0.2, 0) is 13.0 Å². The number of alkyl halides is 1. The SMILES string of the molecule is CCc1nc2c(OC)ccc(-c3ccc(=O)n(CCCCBr)n3)c2o1. The maximum atomic E-state index is 12.0. The molecule has 0 aliphatic heterocycles. The van der Waals surface area contributed by atoms with Crippen molar-refractivity contribution in [3.63, 3.8) is 0 Å². The van der Waals surface area contributed by atoms with Crippen LogP contribution in [0.25, 0.3) is 22.4 Å². The Morgan fingerprint density at radius 3 is 2.80 bits per heavy atom. The van der Waals surface area contributed by atoms with Crippen molar-refractivity contribution >= 4 is 27.0 Å². The molecule has 2 heterocycles. The number of nitrogens with zero attached hydrogens (tertiary/aromatic N) is 3. The minimum atomic E-state index is -0.102. The summed E-state index contributed by atoms with van der Waals surface area (Å²) in [5, 5.41) is 5.43. The summed E-state index contributed by atoms with van der Waals surface area (Å²) in [5.74, 6) is 1.30. The predicted molar refractivity (Wildman–Crippen MR) is 100 cm³/mol. The van der Waals surface area contributed by atoms with E-state index in [4.69, 9.17) is 9.15 Å². The van der Waals surface area contributed by atoms with Gasteiger partial charge in [0, 0.05) is 29.9 Å². The monoisotopic (exact) mass is 405 g/mol. The molecule has 132 valence electrons. The van der Waals surface area contributed by atoms with Gasteiger partial charge in [-0.1, -0.05) is 22.9 Å². The third-order valence-corrected chi connectivity index (χ3v) is 4.53. The lowest BCUT2D eigenvalue weighted by Crippen LogP contribution is -2.22. The minimum Gasteiger partial charge on any atom is -0.494 e. The number of oxazole rings is 1. The van der Waals surface area contributed by atoms with Crippen LogP contribution in [0.4, 0.5) is 0 Å². The number of hydrogen-bond acceptors (Lipinski definition) is 5. The van der Waals surface area contributed by atoms with Gasteiger partial charge in [0.05, 0.1) is 12.8 Å². The normalized spacial score (nSPS) is 11.2. The highest BCUT2D eigenvalue weighted by Crippen LogP contribution is 2.33. The number of methoxy groups -OCH3 is 1. The van der Waals surface area contributed by atoms with E-state index in [9.17, 15) is 4.79 Å². The molecular weight excluding hydrogens is 386 g/mol. The molecule has 7 heteroatoms. The first-order valence-electron chi connectivity index (χ1n) is 8.28. The van der Waals surface area contributed by atoms with Crippen molar-refractivity contribution in [1.29, 1.82) is 0 Å². The number of hydrogen-bond donors (Lipinski definition) is 0. The fourth-order valence-corrected chi connectivity index (χ4v) is 3.05.